The van der Waals surface area contributed by atoms with Crippen molar-refractivity contribution in [2.75, 3.05) is 12.8 Å². The SMILES string of the molecule is COC(=O)c1cc(C#C[Si](C)(C)C)c(N)c([N+](=O)[O-])c1. The van der Waals surface area contributed by atoms with E-state index in [4.69, 9.17) is 5.73 Å². The molecule has 0 fully saturated rings. The summed E-state index contributed by atoms with van der Waals surface area (Å²) in [6.45, 7) is 6.11. The van der Waals surface area contributed by atoms with Gasteiger partial charge in [0.2, 0.25) is 0 Å². The molecule has 2 N–H and O–H groups in total. The molecule has 0 amide bonds. The van der Waals surface area contributed by atoms with E-state index < -0.39 is 19.0 Å². The van der Waals surface area contributed by atoms with Crippen LogP contribution in [0.2, 0.25) is 19.6 Å². The topological polar surface area (TPSA) is 95.5 Å². The second kappa shape index (κ2) is 5.75. The summed E-state index contributed by atoms with van der Waals surface area (Å²) in [5, 5.41) is 11.0. The van der Waals surface area contributed by atoms with E-state index in [9.17, 15) is 14.9 Å². The lowest BCUT2D eigenvalue weighted by Gasteiger charge is -2.06. The van der Waals surface area contributed by atoms with E-state index in [-0.39, 0.29) is 22.5 Å². The molecule has 0 aliphatic carbocycles. The van der Waals surface area contributed by atoms with Gasteiger partial charge in [-0.15, -0.1) is 5.54 Å². The Labute approximate surface area is 118 Å². The summed E-state index contributed by atoms with van der Waals surface area (Å²) in [5.74, 6) is 2.18. The quantitative estimate of drug-likeness (QED) is 0.225. The lowest BCUT2D eigenvalue weighted by atomic mass is 10.1. The van der Waals surface area contributed by atoms with Crippen molar-refractivity contribution in [3.05, 3.63) is 33.4 Å². The zero-order valence-corrected chi connectivity index (χ0v) is 12.8. The Bertz CT molecular complexity index is 624. The molecule has 7 heteroatoms. The van der Waals surface area contributed by atoms with Crippen LogP contribution in [0.25, 0.3) is 0 Å². The maximum Gasteiger partial charge on any atom is 0.338 e. The average molecular weight is 292 g/mol. The van der Waals surface area contributed by atoms with Gasteiger partial charge in [0, 0.05) is 6.07 Å². The van der Waals surface area contributed by atoms with Crippen LogP contribution in [-0.4, -0.2) is 26.1 Å². The van der Waals surface area contributed by atoms with Crippen molar-refractivity contribution in [3.63, 3.8) is 0 Å². The van der Waals surface area contributed by atoms with Crippen molar-refractivity contribution in [1.82, 2.24) is 0 Å². The largest absolute Gasteiger partial charge is 0.465 e. The zero-order chi connectivity index (χ0) is 15.5. The summed E-state index contributed by atoms with van der Waals surface area (Å²) in [6.07, 6.45) is 0. The van der Waals surface area contributed by atoms with Crippen LogP contribution in [0.15, 0.2) is 12.1 Å². The van der Waals surface area contributed by atoms with Gasteiger partial charge < -0.3 is 10.5 Å². The molecule has 0 spiro atoms. The number of hydrogen-bond donors (Lipinski definition) is 1. The number of nitro groups is 1. The molecular weight excluding hydrogens is 276 g/mol. The van der Waals surface area contributed by atoms with Crippen LogP contribution < -0.4 is 5.73 Å². The minimum atomic E-state index is -1.66. The summed E-state index contributed by atoms with van der Waals surface area (Å²) >= 11 is 0. The van der Waals surface area contributed by atoms with E-state index >= 15 is 0 Å². The van der Waals surface area contributed by atoms with Crippen molar-refractivity contribution >= 4 is 25.4 Å². The molecule has 1 aromatic rings. The number of esters is 1. The highest BCUT2D eigenvalue weighted by Gasteiger charge is 2.20. The molecule has 0 heterocycles. The number of hydrogen-bond acceptors (Lipinski definition) is 5. The number of nitrogen functional groups attached to an aromatic ring is 1. The highest BCUT2D eigenvalue weighted by molar-refractivity contribution is 6.83. The zero-order valence-electron chi connectivity index (χ0n) is 11.8. The Morgan fingerprint density at radius 3 is 2.45 bits per heavy atom. The van der Waals surface area contributed by atoms with Gasteiger partial charge in [0.15, 0.2) is 0 Å². The number of ether oxygens (including phenoxy) is 1. The summed E-state index contributed by atoms with van der Waals surface area (Å²) < 4.78 is 4.57. The minimum absolute atomic E-state index is 0.0339. The van der Waals surface area contributed by atoms with Crippen LogP contribution in [0.4, 0.5) is 11.4 Å². The van der Waals surface area contributed by atoms with E-state index in [0.717, 1.165) is 6.07 Å². The van der Waals surface area contributed by atoms with Crippen LogP contribution in [0.3, 0.4) is 0 Å². The van der Waals surface area contributed by atoms with Gasteiger partial charge in [-0.05, 0) is 6.07 Å². The van der Waals surface area contributed by atoms with Gasteiger partial charge in [0.1, 0.15) is 13.8 Å². The number of benzene rings is 1. The summed E-state index contributed by atoms with van der Waals surface area (Å²) in [5.41, 5.74) is 8.78. The van der Waals surface area contributed by atoms with Crippen LogP contribution in [0.1, 0.15) is 15.9 Å². The third-order valence-corrected chi connectivity index (χ3v) is 3.22. The first-order valence-electron chi connectivity index (χ1n) is 5.85. The maximum absolute atomic E-state index is 11.5. The number of carbonyl (C=O) groups is 1. The van der Waals surface area contributed by atoms with Crippen molar-refractivity contribution < 1.29 is 14.5 Å². The predicted octanol–water partition coefficient (Wildman–Crippen LogP) is 2.19. The second-order valence-electron chi connectivity index (χ2n) is 5.21. The average Bonchev–Trinajstić information content (AvgIpc) is 2.35. The standard InChI is InChI=1S/C13H16N2O4Si/c1-19-13(16)10-7-9(5-6-20(2,3)4)12(14)11(8-10)15(17)18/h7-8H,14H2,1-4H3. The number of anilines is 1. The van der Waals surface area contributed by atoms with Gasteiger partial charge in [-0.25, -0.2) is 4.79 Å². The van der Waals surface area contributed by atoms with Gasteiger partial charge in [0.05, 0.1) is 23.2 Å². The number of rotatable bonds is 2. The van der Waals surface area contributed by atoms with Gasteiger partial charge in [-0.2, -0.15) is 0 Å². The summed E-state index contributed by atoms with van der Waals surface area (Å²) in [6, 6.07) is 2.52. The third kappa shape index (κ3) is 3.83. The van der Waals surface area contributed by atoms with E-state index in [1.807, 2.05) is 19.6 Å². The molecule has 0 aromatic heterocycles. The second-order valence-corrected chi connectivity index (χ2v) is 9.96. The Hall–Kier alpha value is -2.33. The molecule has 0 aliphatic rings. The van der Waals surface area contributed by atoms with E-state index in [1.165, 1.54) is 13.2 Å². The van der Waals surface area contributed by atoms with E-state index in [0.29, 0.717) is 0 Å². The molecule has 0 unspecified atom stereocenters. The monoisotopic (exact) mass is 292 g/mol. The fourth-order valence-corrected chi connectivity index (χ4v) is 1.89. The Morgan fingerprint density at radius 2 is 2.00 bits per heavy atom. The molecule has 0 saturated carbocycles. The number of nitrogens with zero attached hydrogens (tertiary/aromatic N) is 1. The van der Waals surface area contributed by atoms with Gasteiger partial charge >= 0.3 is 5.97 Å². The molecule has 0 atom stereocenters. The molecule has 20 heavy (non-hydrogen) atoms. The molecule has 106 valence electrons. The molecule has 1 aromatic carbocycles. The molecule has 0 aliphatic heterocycles. The normalized spacial score (nSPS) is 10.4. The van der Waals surface area contributed by atoms with Gasteiger partial charge in [0.25, 0.3) is 5.69 Å². The lowest BCUT2D eigenvalue weighted by Crippen LogP contribution is -2.16. The fourth-order valence-electron chi connectivity index (χ4n) is 1.38. The Kier molecular flexibility index (Phi) is 4.52. The van der Waals surface area contributed by atoms with Crippen molar-refractivity contribution in [2.45, 2.75) is 19.6 Å². The van der Waals surface area contributed by atoms with Crippen molar-refractivity contribution in [1.29, 1.82) is 0 Å². The Morgan fingerprint density at radius 1 is 1.40 bits per heavy atom. The Balaban J connectivity index is 3.49. The number of nitro benzene ring substituents is 1. The molecule has 0 saturated heterocycles. The highest BCUT2D eigenvalue weighted by Crippen LogP contribution is 2.27. The van der Waals surface area contributed by atoms with Crippen LogP contribution in [0.5, 0.6) is 0 Å². The molecule has 1 rings (SSSR count). The molecule has 0 radical (unpaired) electrons. The fraction of sp³-hybridized carbons (Fsp3) is 0.308. The predicted molar refractivity (Wildman–Crippen MR) is 79.1 cm³/mol. The molecule has 0 bridgehead atoms. The van der Waals surface area contributed by atoms with Crippen molar-refractivity contribution in [2.24, 2.45) is 0 Å². The maximum atomic E-state index is 11.5. The van der Waals surface area contributed by atoms with E-state index in [2.05, 4.69) is 16.2 Å². The van der Waals surface area contributed by atoms with Crippen LogP contribution in [0, 0.1) is 21.6 Å². The summed E-state index contributed by atoms with van der Waals surface area (Å²) in [4.78, 5) is 21.9. The van der Waals surface area contributed by atoms with Crippen LogP contribution in [-0.2, 0) is 4.74 Å². The first kappa shape index (κ1) is 15.7. The third-order valence-electron chi connectivity index (χ3n) is 2.35. The smallest absolute Gasteiger partial charge is 0.338 e. The van der Waals surface area contributed by atoms with Crippen LogP contribution >= 0.6 is 0 Å². The first-order chi connectivity index (χ1) is 9.15. The lowest BCUT2D eigenvalue weighted by molar-refractivity contribution is -0.383. The van der Waals surface area contributed by atoms with E-state index in [1.54, 1.807) is 0 Å². The highest BCUT2D eigenvalue weighted by atomic mass is 28.3. The molecule has 6 nitrogen and oxygen atoms in total. The van der Waals surface area contributed by atoms with Gasteiger partial charge in [-0.3, -0.25) is 10.1 Å². The minimum Gasteiger partial charge on any atom is -0.465 e. The number of methoxy groups -OCH3 is 1. The number of nitrogens with two attached hydrogens (primary N) is 1. The van der Waals surface area contributed by atoms with Crippen molar-refractivity contribution in [3.8, 4) is 11.5 Å². The first-order valence-corrected chi connectivity index (χ1v) is 9.35. The summed E-state index contributed by atoms with van der Waals surface area (Å²) in [7, 11) is -0.457. The number of carbonyl (C=O) groups excluding carboxylic acids is 1. The molecular formula is C13H16N2O4Si. The van der Waals surface area contributed by atoms with Gasteiger partial charge in [-0.1, -0.05) is 25.6 Å².